The maximum absolute atomic E-state index is 10.6. The van der Waals surface area contributed by atoms with Crippen molar-refractivity contribution in [1.29, 1.82) is 0 Å². The summed E-state index contributed by atoms with van der Waals surface area (Å²) in [6, 6.07) is 1.90. The molecule has 0 fully saturated rings. The van der Waals surface area contributed by atoms with Gasteiger partial charge in [-0.15, -0.1) is 0 Å². The molecule has 20 heavy (non-hydrogen) atoms. The molecule has 0 aliphatic heterocycles. The average Bonchev–Trinajstić information content (AvgIpc) is 2.64. The number of aliphatic hydroxyl groups is 1. The molecule has 0 radical (unpaired) electrons. The molecule has 1 atom stereocenters. The highest BCUT2D eigenvalue weighted by Gasteiger charge is 2.27. The lowest BCUT2D eigenvalue weighted by Crippen LogP contribution is -2.07. The van der Waals surface area contributed by atoms with E-state index in [1.807, 2.05) is 12.1 Å². The van der Waals surface area contributed by atoms with E-state index in [2.05, 4.69) is 6.58 Å². The summed E-state index contributed by atoms with van der Waals surface area (Å²) >= 11 is 0. The summed E-state index contributed by atoms with van der Waals surface area (Å²) < 4.78 is 16.2. The zero-order valence-corrected chi connectivity index (χ0v) is 12.1. The molecule has 1 aliphatic carbocycles. The highest BCUT2D eigenvalue weighted by molar-refractivity contribution is 5.62. The molecule has 0 aromatic heterocycles. The molecule has 2 rings (SSSR count). The lowest BCUT2D eigenvalue weighted by molar-refractivity contribution is 0.211. The van der Waals surface area contributed by atoms with Crippen LogP contribution in [0, 0.1) is 0 Å². The van der Waals surface area contributed by atoms with E-state index in [0.29, 0.717) is 17.2 Å². The average molecular weight is 276 g/mol. The van der Waals surface area contributed by atoms with Crippen LogP contribution in [0.3, 0.4) is 0 Å². The van der Waals surface area contributed by atoms with Crippen molar-refractivity contribution >= 4 is 0 Å². The van der Waals surface area contributed by atoms with Crippen molar-refractivity contribution in [1.82, 2.24) is 0 Å². The van der Waals surface area contributed by atoms with E-state index in [1.54, 1.807) is 27.4 Å². The lowest BCUT2D eigenvalue weighted by Gasteiger charge is -2.21. The second-order valence-electron chi connectivity index (χ2n) is 4.57. The molecule has 0 amide bonds. The van der Waals surface area contributed by atoms with Gasteiger partial charge in [0.1, 0.15) is 6.10 Å². The smallest absolute Gasteiger partial charge is 0.203 e. The molecule has 1 aromatic carbocycles. The van der Waals surface area contributed by atoms with E-state index in [1.165, 1.54) is 0 Å². The molecule has 0 heterocycles. The number of aliphatic hydroxyl groups excluding tert-OH is 1. The summed E-state index contributed by atoms with van der Waals surface area (Å²) in [7, 11) is 4.71. The van der Waals surface area contributed by atoms with Gasteiger partial charge in [0.15, 0.2) is 11.5 Å². The number of fused-ring (bicyclic) bond motifs is 1. The molecule has 4 heteroatoms. The van der Waals surface area contributed by atoms with Crippen LogP contribution in [0.15, 0.2) is 30.4 Å². The zero-order valence-electron chi connectivity index (χ0n) is 12.1. The molecule has 1 aromatic rings. The number of rotatable bonds is 4. The largest absolute Gasteiger partial charge is 0.493 e. The summed E-state index contributed by atoms with van der Waals surface area (Å²) in [6.07, 6.45) is 4.55. The fourth-order valence-corrected chi connectivity index (χ4v) is 2.60. The van der Waals surface area contributed by atoms with Gasteiger partial charge in [0.2, 0.25) is 5.75 Å². The van der Waals surface area contributed by atoms with Gasteiger partial charge in [-0.3, -0.25) is 0 Å². The molecule has 0 saturated heterocycles. The second kappa shape index (κ2) is 6.01. The van der Waals surface area contributed by atoms with Gasteiger partial charge in [-0.05, 0) is 30.0 Å². The fraction of sp³-hybridized carbons (Fsp3) is 0.375. The third-order valence-corrected chi connectivity index (χ3v) is 3.57. The van der Waals surface area contributed by atoms with Crippen LogP contribution in [0.2, 0.25) is 0 Å². The van der Waals surface area contributed by atoms with Crippen molar-refractivity contribution in [3.63, 3.8) is 0 Å². The standard InChI is InChI=1S/C16H20O4/c1-5-10-7-6-8-11-9-12(18-2)15(19-3)16(20-4)13(11)14(10)17/h5,7,9,14,17H,1,6,8H2,2-4H3. The Hall–Kier alpha value is -1.94. The van der Waals surface area contributed by atoms with E-state index in [9.17, 15) is 5.11 Å². The predicted molar refractivity (Wildman–Crippen MR) is 77.7 cm³/mol. The van der Waals surface area contributed by atoms with Crippen LogP contribution in [0.25, 0.3) is 0 Å². The first-order valence-electron chi connectivity index (χ1n) is 6.50. The van der Waals surface area contributed by atoms with Gasteiger partial charge in [0.05, 0.1) is 21.3 Å². The number of allylic oxidation sites excluding steroid dienone is 1. The molecule has 0 spiro atoms. The van der Waals surface area contributed by atoms with E-state index in [-0.39, 0.29) is 0 Å². The number of methoxy groups -OCH3 is 3. The molecule has 0 saturated carbocycles. The van der Waals surface area contributed by atoms with Gasteiger partial charge in [-0.1, -0.05) is 18.7 Å². The van der Waals surface area contributed by atoms with Gasteiger partial charge in [0.25, 0.3) is 0 Å². The van der Waals surface area contributed by atoms with Crippen molar-refractivity contribution in [3.05, 3.63) is 41.5 Å². The number of ether oxygens (including phenoxy) is 3. The first-order chi connectivity index (χ1) is 9.67. The quantitative estimate of drug-likeness (QED) is 0.918. The third-order valence-electron chi connectivity index (χ3n) is 3.57. The van der Waals surface area contributed by atoms with Crippen LogP contribution < -0.4 is 14.2 Å². The highest BCUT2D eigenvalue weighted by Crippen LogP contribution is 2.47. The van der Waals surface area contributed by atoms with E-state index in [4.69, 9.17) is 14.2 Å². The zero-order chi connectivity index (χ0) is 14.7. The monoisotopic (exact) mass is 276 g/mol. The van der Waals surface area contributed by atoms with Crippen molar-refractivity contribution in [2.45, 2.75) is 18.9 Å². The predicted octanol–water partition coefficient (Wildman–Crippen LogP) is 2.80. The third kappa shape index (κ3) is 2.27. The summed E-state index contributed by atoms with van der Waals surface area (Å²) in [4.78, 5) is 0. The van der Waals surface area contributed by atoms with Crippen LogP contribution in [0.4, 0.5) is 0 Å². The Morgan fingerprint density at radius 1 is 1.20 bits per heavy atom. The summed E-state index contributed by atoms with van der Waals surface area (Å²) in [6.45, 7) is 3.76. The first-order valence-corrected chi connectivity index (χ1v) is 6.50. The number of hydrogen-bond acceptors (Lipinski definition) is 4. The molecular formula is C16H20O4. The van der Waals surface area contributed by atoms with Crippen LogP contribution in [0.1, 0.15) is 23.7 Å². The molecule has 1 N–H and O–H groups in total. The Morgan fingerprint density at radius 2 is 1.90 bits per heavy atom. The minimum absolute atomic E-state index is 0.498. The van der Waals surface area contributed by atoms with Crippen LogP contribution in [-0.2, 0) is 6.42 Å². The Kier molecular flexibility index (Phi) is 4.35. The summed E-state index contributed by atoms with van der Waals surface area (Å²) in [5.74, 6) is 1.62. The molecule has 4 nitrogen and oxygen atoms in total. The van der Waals surface area contributed by atoms with Gasteiger partial charge in [0, 0.05) is 5.56 Å². The van der Waals surface area contributed by atoms with Crippen molar-refractivity contribution < 1.29 is 19.3 Å². The Balaban J connectivity index is 2.70. The summed E-state index contributed by atoms with van der Waals surface area (Å²) in [5.41, 5.74) is 2.52. The molecular weight excluding hydrogens is 256 g/mol. The molecule has 1 aliphatic rings. The molecule has 108 valence electrons. The van der Waals surface area contributed by atoms with Gasteiger partial charge >= 0.3 is 0 Å². The normalized spacial score (nSPS) is 17.6. The minimum Gasteiger partial charge on any atom is -0.493 e. The first kappa shape index (κ1) is 14.5. The topological polar surface area (TPSA) is 47.9 Å². The van der Waals surface area contributed by atoms with Crippen LogP contribution >= 0.6 is 0 Å². The Bertz CT molecular complexity index is 546. The van der Waals surface area contributed by atoms with Crippen LogP contribution in [-0.4, -0.2) is 26.4 Å². The number of aryl methyl sites for hydroxylation is 1. The maximum atomic E-state index is 10.6. The van der Waals surface area contributed by atoms with Gasteiger partial charge in [-0.2, -0.15) is 0 Å². The number of benzene rings is 1. The van der Waals surface area contributed by atoms with Gasteiger partial charge in [-0.25, -0.2) is 0 Å². The Morgan fingerprint density at radius 3 is 2.45 bits per heavy atom. The second-order valence-corrected chi connectivity index (χ2v) is 4.57. The highest BCUT2D eigenvalue weighted by atomic mass is 16.5. The summed E-state index contributed by atoms with van der Waals surface area (Å²) in [5, 5.41) is 10.6. The Labute approximate surface area is 119 Å². The number of hydrogen-bond donors (Lipinski definition) is 1. The van der Waals surface area contributed by atoms with Crippen molar-refractivity contribution in [3.8, 4) is 17.2 Å². The fourth-order valence-electron chi connectivity index (χ4n) is 2.60. The van der Waals surface area contributed by atoms with Crippen LogP contribution in [0.5, 0.6) is 17.2 Å². The lowest BCUT2D eigenvalue weighted by atomic mass is 9.95. The van der Waals surface area contributed by atoms with E-state index in [0.717, 1.165) is 29.5 Å². The van der Waals surface area contributed by atoms with E-state index < -0.39 is 6.10 Å². The SMILES string of the molecule is C=CC1=CCCc2cc(OC)c(OC)c(OC)c2C1O. The van der Waals surface area contributed by atoms with Gasteiger partial charge < -0.3 is 19.3 Å². The molecule has 1 unspecified atom stereocenters. The maximum Gasteiger partial charge on any atom is 0.203 e. The van der Waals surface area contributed by atoms with E-state index >= 15 is 0 Å². The molecule has 0 bridgehead atoms. The minimum atomic E-state index is -0.764. The van der Waals surface area contributed by atoms with Crippen molar-refractivity contribution in [2.75, 3.05) is 21.3 Å². The van der Waals surface area contributed by atoms with Crippen molar-refractivity contribution in [2.24, 2.45) is 0 Å².